The number of methoxy groups -OCH3 is 1. The molecule has 1 atom stereocenters. The lowest BCUT2D eigenvalue weighted by molar-refractivity contribution is -0.135. The first-order valence-corrected chi connectivity index (χ1v) is 10.8. The Morgan fingerprint density at radius 2 is 2.03 bits per heavy atom. The van der Waals surface area contributed by atoms with Crippen LogP contribution in [-0.2, 0) is 25.5 Å². The number of esters is 1. The summed E-state index contributed by atoms with van der Waals surface area (Å²) in [6, 6.07) is 0. The molecule has 1 saturated heterocycles. The van der Waals surface area contributed by atoms with E-state index < -0.39 is 0 Å². The standard InChI is InChI=1S/C22H35N3O5/c1-5-30-22(28)20-15(2)18(16(3)24-20)9-10-19(26)25-12-6-8-17(14-25)21(27)23-11-7-13-29-4/h17,24H,5-14H2,1-4H3,(H,23,27)/t17-/m1/s1. The van der Waals surface area contributed by atoms with Crippen LogP contribution in [0.4, 0.5) is 0 Å². The molecule has 0 radical (unpaired) electrons. The van der Waals surface area contributed by atoms with Gasteiger partial charge in [0, 0.05) is 45.5 Å². The average Bonchev–Trinajstić information content (AvgIpc) is 3.03. The molecule has 0 aliphatic carbocycles. The fraction of sp³-hybridized carbons (Fsp3) is 0.682. The summed E-state index contributed by atoms with van der Waals surface area (Å²) < 4.78 is 10.1. The monoisotopic (exact) mass is 421 g/mol. The number of amides is 2. The maximum absolute atomic E-state index is 12.8. The molecule has 0 aromatic carbocycles. The quantitative estimate of drug-likeness (QED) is 0.445. The number of H-pyrrole nitrogens is 1. The predicted molar refractivity (Wildman–Crippen MR) is 113 cm³/mol. The minimum atomic E-state index is -0.369. The van der Waals surface area contributed by atoms with Crippen molar-refractivity contribution < 1.29 is 23.9 Å². The zero-order valence-corrected chi connectivity index (χ0v) is 18.6. The fourth-order valence-corrected chi connectivity index (χ4v) is 3.95. The van der Waals surface area contributed by atoms with Crippen LogP contribution in [0, 0.1) is 19.8 Å². The molecule has 8 nitrogen and oxygen atoms in total. The molecule has 1 aromatic heterocycles. The summed E-state index contributed by atoms with van der Waals surface area (Å²) in [5.74, 6) is -0.466. The van der Waals surface area contributed by atoms with E-state index in [2.05, 4.69) is 10.3 Å². The molecule has 0 bridgehead atoms. The third-order valence-corrected chi connectivity index (χ3v) is 5.63. The molecule has 8 heteroatoms. The summed E-state index contributed by atoms with van der Waals surface area (Å²) in [5.41, 5.74) is 3.16. The lowest BCUT2D eigenvalue weighted by atomic mass is 9.96. The third-order valence-electron chi connectivity index (χ3n) is 5.63. The first-order chi connectivity index (χ1) is 14.4. The molecule has 30 heavy (non-hydrogen) atoms. The van der Waals surface area contributed by atoms with Crippen LogP contribution in [-0.4, -0.2) is 67.6 Å². The Labute approximate surface area is 178 Å². The molecule has 168 valence electrons. The first kappa shape index (κ1) is 23.9. The van der Waals surface area contributed by atoms with Gasteiger partial charge in [-0.15, -0.1) is 0 Å². The van der Waals surface area contributed by atoms with Gasteiger partial charge in [0.15, 0.2) is 0 Å². The summed E-state index contributed by atoms with van der Waals surface area (Å²) in [6.45, 7) is 8.23. The van der Waals surface area contributed by atoms with Crippen LogP contribution in [0.3, 0.4) is 0 Å². The molecular formula is C22H35N3O5. The third kappa shape index (κ3) is 6.32. The Balaban J connectivity index is 1.89. The Bertz CT molecular complexity index is 743. The summed E-state index contributed by atoms with van der Waals surface area (Å²) in [6.07, 6.45) is 3.32. The molecule has 2 heterocycles. The van der Waals surface area contributed by atoms with E-state index in [-0.39, 0.29) is 23.7 Å². The lowest BCUT2D eigenvalue weighted by Crippen LogP contribution is -2.45. The van der Waals surface area contributed by atoms with Crippen LogP contribution >= 0.6 is 0 Å². The molecule has 0 saturated carbocycles. The van der Waals surface area contributed by atoms with E-state index in [1.54, 1.807) is 18.9 Å². The Morgan fingerprint density at radius 3 is 2.73 bits per heavy atom. The van der Waals surface area contributed by atoms with Crippen LogP contribution in [0.2, 0.25) is 0 Å². The van der Waals surface area contributed by atoms with Gasteiger partial charge in [-0.25, -0.2) is 4.79 Å². The van der Waals surface area contributed by atoms with Gasteiger partial charge < -0.3 is 24.7 Å². The zero-order valence-electron chi connectivity index (χ0n) is 18.6. The summed E-state index contributed by atoms with van der Waals surface area (Å²) in [7, 11) is 1.64. The highest BCUT2D eigenvalue weighted by atomic mass is 16.5. The SMILES string of the molecule is CCOC(=O)c1[nH]c(C)c(CCC(=O)N2CCC[C@@H](C(=O)NCCCOC)C2)c1C. The smallest absolute Gasteiger partial charge is 0.355 e. The van der Waals surface area contributed by atoms with E-state index in [9.17, 15) is 14.4 Å². The number of piperidine rings is 1. The highest BCUT2D eigenvalue weighted by Crippen LogP contribution is 2.22. The van der Waals surface area contributed by atoms with Gasteiger partial charge >= 0.3 is 5.97 Å². The summed E-state index contributed by atoms with van der Waals surface area (Å²) >= 11 is 0. The second-order valence-electron chi connectivity index (χ2n) is 7.77. The highest BCUT2D eigenvalue weighted by molar-refractivity contribution is 5.90. The lowest BCUT2D eigenvalue weighted by Gasteiger charge is -2.32. The van der Waals surface area contributed by atoms with Crippen molar-refractivity contribution >= 4 is 17.8 Å². The normalized spacial score (nSPS) is 16.4. The number of carbonyl (C=O) groups excluding carboxylic acids is 3. The van der Waals surface area contributed by atoms with Crippen LogP contribution in [0.1, 0.15) is 59.9 Å². The second kappa shape index (κ2) is 11.7. The van der Waals surface area contributed by atoms with Gasteiger partial charge in [-0.3, -0.25) is 9.59 Å². The van der Waals surface area contributed by atoms with Crippen molar-refractivity contribution in [3.8, 4) is 0 Å². The number of aromatic nitrogens is 1. The van der Waals surface area contributed by atoms with Gasteiger partial charge in [-0.2, -0.15) is 0 Å². The number of carbonyl (C=O) groups is 3. The van der Waals surface area contributed by atoms with Crippen LogP contribution in [0.5, 0.6) is 0 Å². The molecule has 1 aromatic rings. The molecule has 1 aliphatic heterocycles. The summed E-state index contributed by atoms with van der Waals surface area (Å²) in [5, 5.41) is 2.94. The number of nitrogens with one attached hydrogen (secondary N) is 2. The molecule has 2 amide bonds. The zero-order chi connectivity index (χ0) is 22.1. The van der Waals surface area contributed by atoms with E-state index in [1.165, 1.54) is 0 Å². The Kier molecular flexibility index (Phi) is 9.36. The van der Waals surface area contributed by atoms with E-state index in [0.717, 1.165) is 36.1 Å². The number of likely N-dealkylation sites (tertiary alicyclic amines) is 1. The highest BCUT2D eigenvalue weighted by Gasteiger charge is 2.28. The van der Waals surface area contributed by atoms with Crippen molar-refractivity contribution in [2.45, 2.75) is 52.9 Å². The van der Waals surface area contributed by atoms with Crippen molar-refractivity contribution in [1.29, 1.82) is 0 Å². The maximum atomic E-state index is 12.8. The number of rotatable bonds is 10. The molecule has 0 spiro atoms. The van der Waals surface area contributed by atoms with Gasteiger partial charge in [-0.05, 0) is 57.6 Å². The first-order valence-electron chi connectivity index (χ1n) is 10.8. The molecule has 1 aliphatic rings. The molecule has 1 fully saturated rings. The van der Waals surface area contributed by atoms with Crippen LogP contribution in [0.25, 0.3) is 0 Å². The van der Waals surface area contributed by atoms with Gasteiger partial charge in [0.05, 0.1) is 12.5 Å². The number of hydrogen-bond acceptors (Lipinski definition) is 5. The van der Waals surface area contributed by atoms with Gasteiger partial charge in [0.25, 0.3) is 0 Å². The van der Waals surface area contributed by atoms with Crippen LogP contribution < -0.4 is 5.32 Å². The number of aromatic amines is 1. The van der Waals surface area contributed by atoms with E-state index in [4.69, 9.17) is 9.47 Å². The number of ether oxygens (including phenoxy) is 2. The van der Waals surface area contributed by atoms with Crippen molar-refractivity contribution in [1.82, 2.24) is 15.2 Å². The van der Waals surface area contributed by atoms with Crippen molar-refractivity contribution in [2.75, 3.05) is 40.0 Å². The van der Waals surface area contributed by atoms with E-state index in [0.29, 0.717) is 51.4 Å². The molecule has 0 unspecified atom stereocenters. The molecular weight excluding hydrogens is 386 g/mol. The fourth-order valence-electron chi connectivity index (χ4n) is 3.95. The van der Waals surface area contributed by atoms with E-state index in [1.807, 2.05) is 13.8 Å². The topological polar surface area (TPSA) is 101 Å². The number of nitrogens with zero attached hydrogens (tertiary/aromatic N) is 1. The number of aryl methyl sites for hydroxylation is 1. The van der Waals surface area contributed by atoms with Gasteiger partial charge in [0.1, 0.15) is 5.69 Å². The molecule has 2 N–H and O–H groups in total. The average molecular weight is 422 g/mol. The van der Waals surface area contributed by atoms with Gasteiger partial charge in [0.2, 0.25) is 11.8 Å². The number of hydrogen-bond donors (Lipinski definition) is 2. The minimum Gasteiger partial charge on any atom is -0.461 e. The summed E-state index contributed by atoms with van der Waals surface area (Å²) in [4.78, 5) is 42.1. The maximum Gasteiger partial charge on any atom is 0.355 e. The van der Waals surface area contributed by atoms with Gasteiger partial charge in [-0.1, -0.05) is 0 Å². The van der Waals surface area contributed by atoms with Crippen molar-refractivity contribution in [3.63, 3.8) is 0 Å². The predicted octanol–water partition coefficient (Wildman–Crippen LogP) is 2.13. The Morgan fingerprint density at radius 1 is 1.27 bits per heavy atom. The molecule has 2 rings (SSSR count). The minimum absolute atomic E-state index is 0.0139. The Hall–Kier alpha value is -2.35. The second-order valence-corrected chi connectivity index (χ2v) is 7.77. The van der Waals surface area contributed by atoms with Crippen molar-refractivity contribution in [2.24, 2.45) is 5.92 Å². The largest absolute Gasteiger partial charge is 0.461 e. The van der Waals surface area contributed by atoms with Crippen molar-refractivity contribution in [3.05, 3.63) is 22.5 Å². The van der Waals surface area contributed by atoms with E-state index >= 15 is 0 Å². The van der Waals surface area contributed by atoms with Crippen LogP contribution in [0.15, 0.2) is 0 Å².